The number of likely N-dealkylation sites (tertiary alicyclic amines) is 1. The molecule has 2 aromatic rings. The number of nitrogens with zero attached hydrogens (tertiary/aromatic N) is 1. The molecule has 1 heterocycles. The lowest BCUT2D eigenvalue weighted by Gasteiger charge is -2.29. The lowest BCUT2D eigenvalue weighted by molar-refractivity contribution is -0.123. The lowest BCUT2D eigenvalue weighted by Crippen LogP contribution is -2.39. The zero-order valence-electron chi connectivity index (χ0n) is 17.2. The van der Waals surface area contributed by atoms with Crippen molar-refractivity contribution in [3.8, 4) is 5.75 Å². The average molecular weight is 432 g/mol. The number of primary sulfonamides is 1. The van der Waals surface area contributed by atoms with Gasteiger partial charge in [-0.1, -0.05) is 37.1 Å². The van der Waals surface area contributed by atoms with E-state index in [1.165, 1.54) is 24.1 Å². The smallest absolute Gasteiger partial charge is 0.238 e. The maximum absolute atomic E-state index is 12.6. The molecule has 2 aromatic carbocycles. The first-order chi connectivity index (χ1) is 14.4. The van der Waals surface area contributed by atoms with Crippen molar-refractivity contribution in [2.24, 2.45) is 5.14 Å². The zero-order valence-corrected chi connectivity index (χ0v) is 18.0. The molecule has 0 aromatic heterocycles. The van der Waals surface area contributed by atoms with E-state index in [9.17, 15) is 13.2 Å². The topological polar surface area (TPSA) is 102 Å². The zero-order chi connectivity index (χ0) is 21.6. The van der Waals surface area contributed by atoms with Gasteiger partial charge in [0.05, 0.1) is 18.6 Å². The number of hydrogen-bond donors (Lipinski definition) is 2. The number of ether oxygens (including phenoxy) is 1. The van der Waals surface area contributed by atoms with Crippen LogP contribution in [0.5, 0.6) is 5.75 Å². The number of hydrogen-bond acceptors (Lipinski definition) is 5. The minimum atomic E-state index is -3.71. The van der Waals surface area contributed by atoms with Crippen LogP contribution in [0.3, 0.4) is 0 Å². The molecule has 1 aliphatic heterocycles. The number of benzene rings is 2. The van der Waals surface area contributed by atoms with Crippen LogP contribution in [-0.2, 0) is 21.4 Å². The highest BCUT2D eigenvalue weighted by atomic mass is 32.2. The quantitative estimate of drug-likeness (QED) is 0.702. The molecule has 30 heavy (non-hydrogen) atoms. The van der Waals surface area contributed by atoms with Crippen LogP contribution in [0.1, 0.15) is 42.9 Å². The molecule has 162 valence electrons. The number of rotatable bonds is 7. The predicted molar refractivity (Wildman–Crippen MR) is 115 cm³/mol. The first-order valence-electron chi connectivity index (χ1n) is 10.1. The molecular weight excluding hydrogens is 402 g/mol. The Morgan fingerprint density at radius 1 is 1.10 bits per heavy atom. The molecule has 1 atom stereocenters. The van der Waals surface area contributed by atoms with Gasteiger partial charge >= 0.3 is 0 Å². The van der Waals surface area contributed by atoms with Gasteiger partial charge in [-0.05, 0) is 54.8 Å². The Balaban J connectivity index is 1.61. The molecule has 7 nitrogen and oxygen atoms in total. The summed E-state index contributed by atoms with van der Waals surface area (Å²) in [5.41, 5.74) is 2.02. The summed E-state index contributed by atoms with van der Waals surface area (Å²) in [6.07, 6.45) is 4.41. The third-order valence-electron chi connectivity index (χ3n) is 5.45. The largest absolute Gasteiger partial charge is 0.497 e. The van der Waals surface area contributed by atoms with Crippen LogP contribution < -0.4 is 15.2 Å². The third-order valence-corrected chi connectivity index (χ3v) is 6.38. The van der Waals surface area contributed by atoms with E-state index in [-0.39, 0.29) is 16.8 Å². The highest BCUT2D eigenvalue weighted by Gasteiger charge is 2.24. The average Bonchev–Trinajstić information content (AvgIpc) is 2.97. The number of nitrogens with two attached hydrogens (primary N) is 1. The summed E-state index contributed by atoms with van der Waals surface area (Å²) in [4.78, 5) is 14.9. The molecular formula is C22H29N3O4S. The van der Waals surface area contributed by atoms with E-state index in [0.29, 0.717) is 13.1 Å². The van der Waals surface area contributed by atoms with Gasteiger partial charge in [0.15, 0.2) is 0 Å². The second-order valence-corrected chi connectivity index (χ2v) is 9.14. The number of methoxy groups -OCH3 is 1. The summed E-state index contributed by atoms with van der Waals surface area (Å²) in [5.74, 6) is 0.774. The second-order valence-electron chi connectivity index (χ2n) is 7.57. The van der Waals surface area contributed by atoms with Gasteiger partial charge in [-0.3, -0.25) is 9.69 Å². The van der Waals surface area contributed by atoms with Gasteiger partial charge in [-0.25, -0.2) is 13.6 Å². The number of sulfonamides is 1. The van der Waals surface area contributed by atoms with E-state index in [2.05, 4.69) is 22.3 Å². The first kappa shape index (κ1) is 22.3. The van der Waals surface area contributed by atoms with Gasteiger partial charge in [-0.15, -0.1) is 0 Å². The fourth-order valence-electron chi connectivity index (χ4n) is 3.80. The van der Waals surface area contributed by atoms with E-state index in [0.717, 1.165) is 37.1 Å². The normalized spacial score (nSPS) is 17.9. The predicted octanol–water partition coefficient (Wildman–Crippen LogP) is 2.58. The maximum Gasteiger partial charge on any atom is 0.238 e. The Hall–Kier alpha value is -2.42. The van der Waals surface area contributed by atoms with Crippen LogP contribution in [-0.4, -0.2) is 39.4 Å². The van der Waals surface area contributed by atoms with Crippen LogP contribution in [0.25, 0.3) is 0 Å². The van der Waals surface area contributed by atoms with Gasteiger partial charge in [0.2, 0.25) is 15.9 Å². The fraction of sp³-hybridized carbons (Fsp3) is 0.409. The Morgan fingerprint density at radius 3 is 2.43 bits per heavy atom. The number of amides is 1. The molecule has 0 radical (unpaired) electrons. The highest BCUT2D eigenvalue weighted by Crippen LogP contribution is 2.30. The van der Waals surface area contributed by atoms with Gasteiger partial charge in [0.25, 0.3) is 0 Å². The maximum atomic E-state index is 12.6. The molecule has 1 aliphatic rings. The molecule has 1 unspecified atom stereocenters. The molecule has 8 heteroatoms. The summed E-state index contributed by atoms with van der Waals surface area (Å²) < 4.78 is 27.9. The standard InChI is InChI=1S/C22H29N3O4S/c1-29-19-10-8-18(9-11-19)21-5-3-2-4-14-25(21)16-22(26)24-15-17-6-12-20(13-7-17)30(23,27)28/h6-13,21H,2-5,14-16H2,1H3,(H,24,26)(H2,23,27,28). The Kier molecular flexibility index (Phi) is 7.47. The Labute approximate surface area is 178 Å². The van der Waals surface area contributed by atoms with Gasteiger partial charge in [0, 0.05) is 12.6 Å². The minimum absolute atomic E-state index is 0.0501. The van der Waals surface area contributed by atoms with Crippen molar-refractivity contribution >= 4 is 15.9 Å². The van der Waals surface area contributed by atoms with Gasteiger partial charge < -0.3 is 10.1 Å². The number of carbonyl (C=O) groups excluding carboxylic acids is 1. The van der Waals surface area contributed by atoms with E-state index in [1.807, 2.05) is 12.1 Å². The highest BCUT2D eigenvalue weighted by molar-refractivity contribution is 7.89. The SMILES string of the molecule is COc1ccc(C2CCCCCN2CC(=O)NCc2ccc(S(N)(=O)=O)cc2)cc1. The van der Waals surface area contributed by atoms with Crippen molar-refractivity contribution in [1.29, 1.82) is 0 Å². The van der Waals surface area contributed by atoms with Crippen LogP contribution in [0.15, 0.2) is 53.4 Å². The summed E-state index contributed by atoms with van der Waals surface area (Å²) >= 11 is 0. The van der Waals surface area contributed by atoms with E-state index < -0.39 is 10.0 Å². The molecule has 1 amide bonds. The third kappa shape index (κ3) is 6.04. The molecule has 3 N–H and O–H groups in total. The molecule has 0 spiro atoms. The van der Waals surface area contributed by atoms with Crippen LogP contribution >= 0.6 is 0 Å². The molecule has 0 aliphatic carbocycles. The monoisotopic (exact) mass is 431 g/mol. The van der Waals surface area contributed by atoms with E-state index in [1.54, 1.807) is 19.2 Å². The molecule has 0 saturated carbocycles. The van der Waals surface area contributed by atoms with Gasteiger partial charge in [-0.2, -0.15) is 0 Å². The van der Waals surface area contributed by atoms with Crippen molar-refractivity contribution in [3.63, 3.8) is 0 Å². The van der Waals surface area contributed by atoms with Gasteiger partial charge in [0.1, 0.15) is 5.75 Å². The summed E-state index contributed by atoms with van der Waals surface area (Å²) in [5, 5.41) is 8.05. The molecule has 1 fully saturated rings. The summed E-state index contributed by atoms with van der Waals surface area (Å²) in [6.45, 7) is 1.55. The molecule has 1 saturated heterocycles. The summed E-state index contributed by atoms with van der Waals surface area (Å²) in [6, 6.07) is 14.5. The first-order valence-corrected chi connectivity index (χ1v) is 11.7. The second kappa shape index (κ2) is 10.1. The lowest BCUT2D eigenvalue weighted by atomic mass is 10.0. The number of nitrogens with one attached hydrogen (secondary N) is 1. The van der Waals surface area contributed by atoms with Crippen LogP contribution in [0.2, 0.25) is 0 Å². The van der Waals surface area contributed by atoms with Crippen molar-refractivity contribution in [1.82, 2.24) is 10.2 Å². The summed E-state index contributed by atoms with van der Waals surface area (Å²) in [7, 11) is -2.06. The van der Waals surface area contributed by atoms with Crippen LogP contribution in [0, 0.1) is 0 Å². The van der Waals surface area contributed by atoms with Crippen molar-refractivity contribution < 1.29 is 17.9 Å². The Morgan fingerprint density at radius 2 is 1.80 bits per heavy atom. The minimum Gasteiger partial charge on any atom is -0.497 e. The van der Waals surface area contributed by atoms with Crippen molar-refractivity contribution in [2.75, 3.05) is 20.2 Å². The fourth-order valence-corrected chi connectivity index (χ4v) is 4.31. The van der Waals surface area contributed by atoms with Crippen molar-refractivity contribution in [3.05, 3.63) is 59.7 Å². The van der Waals surface area contributed by atoms with E-state index >= 15 is 0 Å². The van der Waals surface area contributed by atoms with Crippen LogP contribution in [0.4, 0.5) is 0 Å². The molecule has 3 rings (SSSR count). The van der Waals surface area contributed by atoms with E-state index in [4.69, 9.17) is 9.88 Å². The number of carbonyl (C=O) groups is 1. The Bertz CT molecular complexity index is 943. The van der Waals surface area contributed by atoms with Crippen molar-refractivity contribution in [2.45, 2.75) is 43.2 Å². The molecule has 0 bridgehead atoms.